The zero-order chi connectivity index (χ0) is 10.5. The lowest BCUT2D eigenvalue weighted by atomic mass is 10.3. The average Bonchev–Trinajstić information content (AvgIpc) is 2.75. The third kappa shape index (κ3) is 2.34. The van der Waals surface area contributed by atoms with E-state index >= 15 is 0 Å². The Morgan fingerprint density at radius 2 is 1.93 bits per heavy atom. The molecule has 0 bridgehead atoms. The summed E-state index contributed by atoms with van der Waals surface area (Å²) in [4.78, 5) is 4.41. The molecule has 0 spiro atoms. The van der Waals surface area contributed by atoms with Gasteiger partial charge in [-0.25, -0.2) is 0 Å². The molecule has 0 aliphatic heterocycles. The first kappa shape index (κ1) is 9.71. The standard InChI is InChI=1S/C13H14N2/c1-2-15-10-6-9-13(15)11-14-12-7-4-3-5-8-12/h3-11H,2H2,1H3. The van der Waals surface area contributed by atoms with Gasteiger partial charge in [-0.1, -0.05) is 18.2 Å². The summed E-state index contributed by atoms with van der Waals surface area (Å²) < 4.78 is 2.16. The third-order valence-corrected chi connectivity index (χ3v) is 2.31. The van der Waals surface area contributed by atoms with Gasteiger partial charge in [0.15, 0.2) is 0 Å². The second kappa shape index (κ2) is 4.60. The zero-order valence-electron chi connectivity index (χ0n) is 8.80. The van der Waals surface area contributed by atoms with Gasteiger partial charge >= 0.3 is 0 Å². The van der Waals surface area contributed by atoms with Crippen molar-refractivity contribution in [2.75, 3.05) is 0 Å². The predicted molar refractivity (Wildman–Crippen MR) is 63.8 cm³/mol. The van der Waals surface area contributed by atoms with E-state index in [1.54, 1.807) is 0 Å². The Balaban J connectivity index is 2.19. The van der Waals surface area contributed by atoms with Crippen molar-refractivity contribution >= 4 is 11.9 Å². The van der Waals surface area contributed by atoms with E-state index in [1.807, 2.05) is 42.6 Å². The number of para-hydroxylation sites is 1. The average molecular weight is 198 g/mol. The highest BCUT2D eigenvalue weighted by molar-refractivity contribution is 5.80. The van der Waals surface area contributed by atoms with Gasteiger partial charge in [-0.2, -0.15) is 0 Å². The van der Waals surface area contributed by atoms with E-state index in [-0.39, 0.29) is 0 Å². The quantitative estimate of drug-likeness (QED) is 0.673. The van der Waals surface area contributed by atoms with Crippen LogP contribution in [0.2, 0.25) is 0 Å². The molecule has 2 rings (SSSR count). The van der Waals surface area contributed by atoms with Crippen LogP contribution in [-0.2, 0) is 6.54 Å². The number of hydrogen-bond donors (Lipinski definition) is 0. The fourth-order valence-electron chi connectivity index (χ4n) is 1.49. The van der Waals surface area contributed by atoms with Gasteiger partial charge in [0.05, 0.1) is 17.6 Å². The summed E-state index contributed by atoms with van der Waals surface area (Å²) in [7, 11) is 0. The molecule has 1 heterocycles. The molecule has 0 aliphatic carbocycles. The molecule has 0 aliphatic rings. The van der Waals surface area contributed by atoms with Gasteiger partial charge in [0.2, 0.25) is 0 Å². The van der Waals surface area contributed by atoms with Gasteiger partial charge in [-0.05, 0) is 31.2 Å². The highest BCUT2D eigenvalue weighted by atomic mass is 15.0. The van der Waals surface area contributed by atoms with Crippen molar-refractivity contribution < 1.29 is 0 Å². The second-order valence-electron chi connectivity index (χ2n) is 3.31. The fourth-order valence-corrected chi connectivity index (χ4v) is 1.49. The molecule has 0 amide bonds. The minimum atomic E-state index is 0.975. The Morgan fingerprint density at radius 3 is 2.67 bits per heavy atom. The number of nitrogens with zero attached hydrogens (tertiary/aromatic N) is 2. The van der Waals surface area contributed by atoms with Crippen molar-refractivity contribution in [2.45, 2.75) is 13.5 Å². The molecule has 0 saturated carbocycles. The van der Waals surface area contributed by atoms with E-state index in [0.29, 0.717) is 0 Å². The number of aromatic nitrogens is 1. The van der Waals surface area contributed by atoms with Crippen LogP contribution in [-0.4, -0.2) is 10.8 Å². The Bertz CT molecular complexity index is 441. The first-order chi connectivity index (χ1) is 7.40. The van der Waals surface area contributed by atoms with Crippen LogP contribution in [0.15, 0.2) is 53.7 Å². The molecular weight excluding hydrogens is 184 g/mol. The van der Waals surface area contributed by atoms with Crippen molar-refractivity contribution in [3.05, 3.63) is 54.4 Å². The molecule has 2 aromatic rings. The summed E-state index contributed by atoms with van der Waals surface area (Å²) in [5.74, 6) is 0. The summed E-state index contributed by atoms with van der Waals surface area (Å²) >= 11 is 0. The maximum absolute atomic E-state index is 4.41. The fraction of sp³-hybridized carbons (Fsp3) is 0.154. The van der Waals surface area contributed by atoms with Crippen LogP contribution in [0, 0.1) is 0 Å². The molecule has 76 valence electrons. The van der Waals surface area contributed by atoms with E-state index < -0.39 is 0 Å². The van der Waals surface area contributed by atoms with Crippen LogP contribution in [0.1, 0.15) is 12.6 Å². The van der Waals surface area contributed by atoms with Crippen molar-refractivity contribution in [1.82, 2.24) is 4.57 Å². The molecule has 0 fully saturated rings. The first-order valence-electron chi connectivity index (χ1n) is 5.14. The number of hydrogen-bond acceptors (Lipinski definition) is 1. The van der Waals surface area contributed by atoms with Gasteiger partial charge in [0, 0.05) is 12.7 Å². The Labute approximate surface area is 89.9 Å². The molecule has 0 N–H and O–H groups in total. The SMILES string of the molecule is CCn1cccc1C=Nc1ccccc1. The molecule has 2 nitrogen and oxygen atoms in total. The van der Waals surface area contributed by atoms with Crippen molar-refractivity contribution in [3.63, 3.8) is 0 Å². The molecule has 1 aromatic carbocycles. The van der Waals surface area contributed by atoms with Gasteiger partial charge in [0.25, 0.3) is 0 Å². The molecular formula is C13H14N2. The largest absolute Gasteiger partial charge is 0.347 e. The maximum atomic E-state index is 4.41. The first-order valence-corrected chi connectivity index (χ1v) is 5.14. The molecule has 0 atom stereocenters. The molecule has 0 unspecified atom stereocenters. The molecule has 0 radical (unpaired) electrons. The van der Waals surface area contributed by atoms with Crippen LogP contribution >= 0.6 is 0 Å². The highest BCUT2D eigenvalue weighted by Crippen LogP contribution is 2.10. The third-order valence-electron chi connectivity index (χ3n) is 2.31. The van der Waals surface area contributed by atoms with Gasteiger partial charge in [0.1, 0.15) is 0 Å². The van der Waals surface area contributed by atoms with E-state index in [1.165, 1.54) is 0 Å². The van der Waals surface area contributed by atoms with Crippen LogP contribution in [0.25, 0.3) is 0 Å². The topological polar surface area (TPSA) is 17.3 Å². The monoisotopic (exact) mass is 198 g/mol. The molecule has 1 aromatic heterocycles. The zero-order valence-corrected chi connectivity index (χ0v) is 8.80. The second-order valence-corrected chi connectivity index (χ2v) is 3.31. The van der Waals surface area contributed by atoms with Crippen LogP contribution in [0.4, 0.5) is 5.69 Å². The lowest BCUT2D eigenvalue weighted by Gasteiger charge is -2.00. The van der Waals surface area contributed by atoms with Gasteiger partial charge in [-0.3, -0.25) is 4.99 Å². The van der Waals surface area contributed by atoms with Crippen molar-refractivity contribution in [1.29, 1.82) is 0 Å². The predicted octanol–water partition coefficient (Wildman–Crippen LogP) is 3.26. The Hall–Kier alpha value is -1.83. The lowest BCUT2D eigenvalue weighted by molar-refractivity contribution is 0.764. The summed E-state index contributed by atoms with van der Waals surface area (Å²) in [5, 5.41) is 0. The van der Waals surface area contributed by atoms with E-state index in [0.717, 1.165) is 17.9 Å². The Kier molecular flexibility index (Phi) is 2.98. The Morgan fingerprint density at radius 1 is 1.13 bits per heavy atom. The van der Waals surface area contributed by atoms with E-state index in [9.17, 15) is 0 Å². The summed E-state index contributed by atoms with van der Waals surface area (Å²) in [6.45, 7) is 3.10. The normalized spacial score (nSPS) is 11.0. The van der Waals surface area contributed by atoms with Crippen LogP contribution in [0.3, 0.4) is 0 Å². The number of benzene rings is 1. The highest BCUT2D eigenvalue weighted by Gasteiger charge is 1.93. The van der Waals surface area contributed by atoms with E-state index in [4.69, 9.17) is 0 Å². The van der Waals surface area contributed by atoms with E-state index in [2.05, 4.69) is 28.7 Å². The van der Waals surface area contributed by atoms with Crippen LogP contribution < -0.4 is 0 Å². The molecule has 0 saturated heterocycles. The maximum Gasteiger partial charge on any atom is 0.0630 e. The van der Waals surface area contributed by atoms with Crippen molar-refractivity contribution in [2.24, 2.45) is 4.99 Å². The molecule has 15 heavy (non-hydrogen) atoms. The minimum Gasteiger partial charge on any atom is -0.347 e. The number of rotatable bonds is 3. The van der Waals surface area contributed by atoms with Crippen molar-refractivity contribution in [3.8, 4) is 0 Å². The lowest BCUT2D eigenvalue weighted by Crippen LogP contribution is -1.97. The smallest absolute Gasteiger partial charge is 0.0630 e. The summed E-state index contributed by atoms with van der Waals surface area (Å²) in [6.07, 6.45) is 3.96. The van der Waals surface area contributed by atoms with Gasteiger partial charge in [-0.15, -0.1) is 0 Å². The van der Waals surface area contributed by atoms with Crippen LogP contribution in [0.5, 0.6) is 0 Å². The number of aliphatic imine (C=N–C) groups is 1. The molecule has 2 heteroatoms. The minimum absolute atomic E-state index is 0.975. The number of aryl methyl sites for hydroxylation is 1. The summed E-state index contributed by atoms with van der Waals surface area (Å²) in [6, 6.07) is 14.1. The summed E-state index contributed by atoms with van der Waals surface area (Å²) in [5.41, 5.74) is 2.13. The van der Waals surface area contributed by atoms with Gasteiger partial charge < -0.3 is 4.57 Å².